The number of amides is 1. The molecular formula is C22H23N3O5. The van der Waals surface area contributed by atoms with Gasteiger partial charge in [-0.2, -0.15) is 5.10 Å². The molecule has 0 unspecified atom stereocenters. The Hall–Kier alpha value is -3.81. The number of aromatic nitrogens is 2. The van der Waals surface area contributed by atoms with Crippen molar-refractivity contribution in [1.29, 1.82) is 0 Å². The molecule has 0 fully saturated rings. The summed E-state index contributed by atoms with van der Waals surface area (Å²) in [6, 6.07) is 15.6. The van der Waals surface area contributed by atoms with Crippen molar-refractivity contribution in [3.8, 4) is 28.5 Å². The molecule has 30 heavy (non-hydrogen) atoms. The van der Waals surface area contributed by atoms with Crippen LogP contribution in [0.1, 0.15) is 5.56 Å². The molecule has 0 saturated carbocycles. The molecule has 0 radical (unpaired) electrons. The summed E-state index contributed by atoms with van der Waals surface area (Å²) in [6.45, 7) is 0.117. The first-order chi connectivity index (χ1) is 14.5. The van der Waals surface area contributed by atoms with Crippen LogP contribution in [0.25, 0.3) is 11.3 Å². The lowest BCUT2D eigenvalue weighted by molar-refractivity contribution is -0.122. The molecule has 0 aliphatic carbocycles. The van der Waals surface area contributed by atoms with Gasteiger partial charge < -0.3 is 19.5 Å². The summed E-state index contributed by atoms with van der Waals surface area (Å²) in [6.07, 6.45) is 0. The second-order valence-electron chi connectivity index (χ2n) is 6.41. The van der Waals surface area contributed by atoms with Crippen molar-refractivity contribution in [2.75, 3.05) is 21.3 Å². The lowest BCUT2D eigenvalue weighted by Crippen LogP contribution is -2.33. The lowest BCUT2D eigenvalue weighted by Gasteiger charge is -2.12. The highest BCUT2D eigenvalue weighted by Crippen LogP contribution is 2.31. The minimum absolute atomic E-state index is 0.199. The van der Waals surface area contributed by atoms with Gasteiger partial charge in [-0.15, -0.1) is 0 Å². The number of hydrogen-bond donors (Lipinski definition) is 1. The Morgan fingerprint density at radius 1 is 0.967 bits per heavy atom. The number of ether oxygens (including phenoxy) is 3. The van der Waals surface area contributed by atoms with Crippen molar-refractivity contribution < 1.29 is 19.0 Å². The van der Waals surface area contributed by atoms with Gasteiger partial charge in [-0.25, -0.2) is 4.68 Å². The number of carbonyl (C=O) groups excluding carboxylic acids is 1. The van der Waals surface area contributed by atoms with Crippen LogP contribution in [0.15, 0.2) is 59.4 Å². The Morgan fingerprint density at radius 3 is 2.47 bits per heavy atom. The van der Waals surface area contributed by atoms with Crippen molar-refractivity contribution in [2.24, 2.45) is 0 Å². The number of methoxy groups -OCH3 is 3. The average Bonchev–Trinajstić information content (AvgIpc) is 2.78. The molecule has 8 nitrogen and oxygen atoms in total. The summed E-state index contributed by atoms with van der Waals surface area (Å²) >= 11 is 0. The fraction of sp³-hybridized carbons (Fsp3) is 0.227. The van der Waals surface area contributed by atoms with Crippen LogP contribution in [-0.4, -0.2) is 37.0 Å². The number of carbonyl (C=O) groups is 1. The molecule has 1 N–H and O–H groups in total. The molecule has 3 rings (SSSR count). The van der Waals surface area contributed by atoms with E-state index in [1.54, 1.807) is 45.6 Å². The van der Waals surface area contributed by atoms with Gasteiger partial charge in [-0.3, -0.25) is 9.59 Å². The first-order valence-electron chi connectivity index (χ1n) is 9.24. The zero-order valence-corrected chi connectivity index (χ0v) is 17.0. The van der Waals surface area contributed by atoms with Gasteiger partial charge in [0.05, 0.1) is 27.0 Å². The van der Waals surface area contributed by atoms with Gasteiger partial charge in [0.15, 0.2) is 0 Å². The molecule has 0 spiro atoms. The van der Waals surface area contributed by atoms with Gasteiger partial charge in [-0.05, 0) is 35.9 Å². The van der Waals surface area contributed by atoms with E-state index in [-0.39, 0.29) is 18.0 Å². The highest BCUT2D eigenvalue weighted by atomic mass is 16.5. The molecule has 1 aromatic heterocycles. The molecule has 3 aromatic rings. The molecule has 0 atom stereocenters. The summed E-state index contributed by atoms with van der Waals surface area (Å²) in [5, 5.41) is 7.12. The standard InChI is InChI=1S/C22H23N3O5/c1-28-16-6-4-5-15(11-16)13-23-21(26)14-25-22(27)10-9-19(24-25)18-8-7-17(29-2)12-20(18)30-3/h4-12H,13-14H2,1-3H3,(H,23,26). The highest BCUT2D eigenvalue weighted by molar-refractivity contribution is 5.75. The Bertz CT molecular complexity index is 1090. The summed E-state index contributed by atoms with van der Waals surface area (Å²) in [5.41, 5.74) is 1.71. The predicted molar refractivity (Wildman–Crippen MR) is 112 cm³/mol. The Labute approximate surface area is 174 Å². The van der Waals surface area contributed by atoms with Gasteiger partial charge in [0, 0.05) is 24.2 Å². The second kappa shape index (κ2) is 9.60. The maximum absolute atomic E-state index is 12.4. The molecule has 156 valence electrons. The average molecular weight is 409 g/mol. The zero-order chi connectivity index (χ0) is 21.5. The van der Waals surface area contributed by atoms with Crippen molar-refractivity contribution in [3.05, 3.63) is 70.5 Å². The number of hydrogen-bond acceptors (Lipinski definition) is 6. The Balaban J connectivity index is 1.75. The van der Waals surface area contributed by atoms with Crippen LogP contribution in [0.3, 0.4) is 0 Å². The Morgan fingerprint density at radius 2 is 1.73 bits per heavy atom. The number of nitrogens with zero attached hydrogens (tertiary/aromatic N) is 2. The fourth-order valence-corrected chi connectivity index (χ4v) is 2.89. The van der Waals surface area contributed by atoms with Crippen LogP contribution in [-0.2, 0) is 17.9 Å². The van der Waals surface area contributed by atoms with E-state index in [4.69, 9.17) is 14.2 Å². The summed E-state index contributed by atoms with van der Waals surface area (Å²) in [7, 11) is 4.69. The minimum atomic E-state index is -0.372. The molecule has 1 heterocycles. The predicted octanol–water partition coefficient (Wildman–Crippen LogP) is 2.25. The summed E-state index contributed by atoms with van der Waals surface area (Å²) in [4.78, 5) is 24.6. The van der Waals surface area contributed by atoms with E-state index in [0.717, 1.165) is 10.2 Å². The Kier molecular flexibility index (Phi) is 6.69. The van der Waals surface area contributed by atoms with Crippen LogP contribution in [0.5, 0.6) is 17.2 Å². The van der Waals surface area contributed by atoms with Crippen molar-refractivity contribution in [1.82, 2.24) is 15.1 Å². The highest BCUT2D eigenvalue weighted by Gasteiger charge is 2.12. The summed E-state index contributed by atoms with van der Waals surface area (Å²) < 4.78 is 16.9. The number of nitrogens with one attached hydrogen (secondary N) is 1. The molecule has 1 amide bonds. The quantitative estimate of drug-likeness (QED) is 0.614. The minimum Gasteiger partial charge on any atom is -0.497 e. The number of benzene rings is 2. The van der Waals surface area contributed by atoms with Crippen LogP contribution in [0, 0.1) is 0 Å². The molecule has 8 heteroatoms. The fourth-order valence-electron chi connectivity index (χ4n) is 2.89. The molecule has 0 saturated heterocycles. The normalized spacial score (nSPS) is 10.4. The first-order valence-corrected chi connectivity index (χ1v) is 9.24. The monoisotopic (exact) mass is 409 g/mol. The van der Waals surface area contributed by atoms with E-state index >= 15 is 0 Å². The van der Waals surface area contributed by atoms with Gasteiger partial charge in [0.25, 0.3) is 5.56 Å². The van der Waals surface area contributed by atoms with E-state index in [0.29, 0.717) is 35.1 Å². The molecule has 0 bridgehead atoms. The lowest BCUT2D eigenvalue weighted by atomic mass is 10.1. The van der Waals surface area contributed by atoms with E-state index in [2.05, 4.69) is 10.4 Å². The first kappa shape index (κ1) is 20.9. The molecule has 0 aliphatic heterocycles. The maximum Gasteiger partial charge on any atom is 0.267 e. The molecular weight excluding hydrogens is 386 g/mol. The van der Waals surface area contributed by atoms with Crippen LogP contribution in [0.2, 0.25) is 0 Å². The van der Waals surface area contributed by atoms with Gasteiger partial charge in [-0.1, -0.05) is 12.1 Å². The van der Waals surface area contributed by atoms with Gasteiger partial charge >= 0.3 is 0 Å². The van der Waals surface area contributed by atoms with Gasteiger partial charge in [0.2, 0.25) is 5.91 Å². The van der Waals surface area contributed by atoms with Crippen molar-refractivity contribution >= 4 is 5.91 Å². The largest absolute Gasteiger partial charge is 0.497 e. The van der Waals surface area contributed by atoms with Crippen molar-refractivity contribution in [3.63, 3.8) is 0 Å². The third-order valence-corrected chi connectivity index (χ3v) is 4.47. The second-order valence-corrected chi connectivity index (χ2v) is 6.41. The maximum atomic E-state index is 12.4. The van der Waals surface area contributed by atoms with E-state index in [1.165, 1.54) is 6.07 Å². The van der Waals surface area contributed by atoms with Crippen LogP contribution < -0.4 is 25.1 Å². The van der Waals surface area contributed by atoms with Crippen molar-refractivity contribution in [2.45, 2.75) is 13.1 Å². The molecule has 0 aliphatic rings. The topological polar surface area (TPSA) is 91.7 Å². The van der Waals surface area contributed by atoms with Crippen LogP contribution in [0.4, 0.5) is 0 Å². The van der Waals surface area contributed by atoms with E-state index in [9.17, 15) is 9.59 Å². The SMILES string of the molecule is COc1cccc(CNC(=O)Cn2nc(-c3ccc(OC)cc3OC)ccc2=O)c1. The third kappa shape index (κ3) is 4.96. The van der Waals surface area contributed by atoms with Gasteiger partial charge in [0.1, 0.15) is 23.8 Å². The summed E-state index contributed by atoms with van der Waals surface area (Å²) in [5.74, 6) is 1.57. The van der Waals surface area contributed by atoms with E-state index in [1.807, 2.05) is 24.3 Å². The van der Waals surface area contributed by atoms with Crippen LogP contribution >= 0.6 is 0 Å². The smallest absolute Gasteiger partial charge is 0.267 e. The zero-order valence-electron chi connectivity index (χ0n) is 17.0. The van der Waals surface area contributed by atoms with E-state index < -0.39 is 0 Å². The molecule has 2 aromatic carbocycles. The third-order valence-electron chi connectivity index (χ3n) is 4.47. The number of rotatable bonds is 8.